The number of rotatable bonds is 4. The van der Waals surface area contributed by atoms with Crippen molar-refractivity contribution in [2.75, 3.05) is 0 Å². The topological polar surface area (TPSA) is 29.5 Å². The van der Waals surface area contributed by atoms with E-state index in [1.54, 1.807) is 24.3 Å². The summed E-state index contributed by atoms with van der Waals surface area (Å²) >= 11 is 0. The minimum atomic E-state index is -4.32. The molecule has 106 valence electrons. The van der Waals surface area contributed by atoms with Crippen molar-refractivity contribution >= 4 is 0 Å². The fourth-order valence-corrected chi connectivity index (χ4v) is 1.69. The Morgan fingerprint density at radius 3 is 2.25 bits per heavy atom. The van der Waals surface area contributed by atoms with Gasteiger partial charge >= 0.3 is 6.18 Å². The Bertz CT molecular complexity index is 562. The summed E-state index contributed by atoms with van der Waals surface area (Å²) in [6.07, 6.45) is -4.32. The smallest absolute Gasteiger partial charge is 0.416 e. The highest BCUT2D eigenvalue weighted by Gasteiger charge is 2.29. The first-order chi connectivity index (χ1) is 9.49. The van der Waals surface area contributed by atoms with Crippen LogP contribution in [0.2, 0.25) is 0 Å². The summed E-state index contributed by atoms with van der Waals surface area (Å²) in [4.78, 5) is 0. The minimum Gasteiger partial charge on any atom is -0.489 e. The van der Waals surface area contributed by atoms with E-state index < -0.39 is 11.7 Å². The molecule has 2 aromatic carbocycles. The van der Waals surface area contributed by atoms with E-state index in [-0.39, 0.29) is 13.2 Å². The van der Waals surface area contributed by atoms with Crippen molar-refractivity contribution in [3.63, 3.8) is 0 Å². The van der Waals surface area contributed by atoms with Crippen LogP contribution in [0.1, 0.15) is 16.7 Å². The standard InChI is InChI=1S/C15H13F3O2/c16-15(17,18)13-6-4-11(5-7-13)10-20-14-3-1-2-12(8-14)9-19/h1-8,19H,9-10H2. The molecule has 2 nitrogen and oxygen atoms in total. The molecule has 0 aliphatic heterocycles. The molecule has 2 rings (SSSR count). The Labute approximate surface area is 114 Å². The Morgan fingerprint density at radius 2 is 1.65 bits per heavy atom. The molecule has 0 saturated carbocycles. The van der Waals surface area contributed by atoms with Gasteiger partial charge in [-0.05, 0) is 35.4 Å². The molecule has 0 saturated heterocycles. The molecule has 0 aliphatic carbocycles. The molecule has 5 heteroatoms. The molecule has 0 atom stereocenters. The van der Waals surface area contributed by atoms with E-state index in [0.29, 0.717) is 11.3 Å². The molecule has 0 aliphatic rings. The molecule has 0 aromatic heterocycles. The molecular weight excluding hydrogens is 269 g/mol. The van der Waals surface area contributed by atoms with E-state index in [1.165, 1.54) is 12.1 Å². The normalized spacial score (nSPS) is 11.4. The van der Waals surface area contributed by atoms with E-state index in [2.05, 4.69) is 0 Å². The van der Waals surface area contributed by atoms with Crippen LogP contribution in [0.25, 0.3) is 0 Å². The van der Waals surface area contributed by atoms with Crippen LogP contribution in [0.15, 0.2) is 48.5 Å². The lowest BCUT2D eigenvalue weighted by Crippen LogP contribution is -2.05. The van der Waals surface area contributed by atoms with Gasteiger partial charge in [-0.1, -0.05) is 24.3 Å². The van der Waals surface area contributed by atoms with Gasteiger partial charge in [0.05, 0.1) is 12.2 Å². The second-order valence-corrected chi connectivity index (χ2v) is 4.29. The summed E-state index contributed by atoms with van der Waals surface area (Å²) in [7, 11) is 0. The predicted octanol–water partition coefficient (Wildman–Crippen LogP) is 3.78. The lowest BCUT2D eigenvalue weighted by Gasteiger charge is -2.09. The quantitative estimate of drug-likeness (QED) is 0.924. The predicted molar refractivity (Wildman–Crippen MR) is 68.1 cm³/mol. The first-order valence-electron chi connectivity index (χ1n) is 5.98. The summed E-state index contributed by atoms with van der Waals surface area (Å²) in [5, 5.41) is 8.99. The van der Waals surface area contributed by atoms with Crippen molar-refractivity contribution in [1.82, 2.24) is 0 Å². The highest BCUT2D eigenvalue weighted by Crippen LogP contribution is 2.29. The lowest BCUT2D eigenvalue weighted by molar-refractivity contribution is -0.137. The van der Waals surface area contributed by atoms with E-state index in [1.807, 2.05) is 0 Å². The van der Waals surface area contributed by atoms with Gasteiger partial charge in [-0.3, -0.25) is 0 Å². The molecule has 0 bridgehead atoms. The summed E-state index contributed by atoms with van der Waals surface area (Å²) < 4.78 is 42.7. The summed E-state index contributed by atoms with van der Waals surface area (Å²) in [5.74, 6) is 0.566. The maximum absolute atomic E-state index is 12.4. The Hall–Kier alpha value is -2.01. The van der Waals surface area contributed by atoms with Crippen molar-refractivity contribution < 1.29 is 23.0 Å². The second-order valence-electron chi connectivity index (χ2n) is 4.29. The van der Waals surface area contributed by atoms with Crippen LogP contribution in [-0.4, -0.2) is 5.11 Å². The Kier molecular flexibility index (Phi) is 4.29. The SMILES string of the molecule is OCc1cccc(OCc2ccc(C(F)(F)F)cc2)c1. The highest BCUT2D eigenvalue weighted by atomic mass is 19.4. The molecule has 0 fully saturated rings. The van der Waals surface area contributed by atoms with E-state index in [4.69, 9.17) is 9.84 Å². The molecule has 20 heavy (non-hydrogen) atoms. The van der Waals surface area contributed by atoms with Crippen LogP contribution >= 0.6 is 0 Å². The Morgan fingerprint density at radius 1 is 0.950 bits per heavy atom. The van der Waals surface area contributed by atoms with Crippen LogP contribution in [-0.2, 0) is 19.4 Å². The number of halogens is 3. The average Bonchev–Trinajstić information content (AvgIpc) is 2.45. The van der Waals surface area contributed by atoms with Gasteiger partial charge in [0.25, 0.3) is 0 Å². The molecule has 0 amide bonds. The van der Waals surface area contributed by atoms with Crippen LogP contribution in [0, 0.1) is 0 Å². The first kappa shape index (κ1) is 14.4. The lowest BCUT2D eigenvalue weighted by atomic mass is 10.1. The number of alkyl halides is 3. The molecule has 0 heterocycles. The van der Waals surface area contributed by atoms with Crippen LogP contribution in [0.4, 0.5) is 13.2 Å². The zero-order valence-electron chi connectivity index (χ0n) is 10.5. The minimum absolute atomic E-state index is 0.0858. The zero-order chi connectivity index (χ0) is 14.6. The third-order valence-electron chi connectivity index (χ3n) is 2.77. The van der Waals surface area contributed by atoms with Gasteiger partial charge in [0.1, 0.15) is 12.4 Å². The maximum Gasteiger partial charge on any atom is 0.416 e. The van der Waals surface area contributed by atoms with Crippen molar-refractivity contribution in [2.24, 2.45) is 0 Å². The number of hydrogen-bond donors (Lipinski definition) is 1. The molecular formula is C15H13F3O2. The van der Waals surface area contributed by atoms with Crippen LogP contribution < -0.4 is 4.74 Å². The van der Waals surface area contributed by atoms with Crippen LogP contribution in [0.3, 0.4) is 0 Å². The van der Waals surface area contributed by atoms with Gasteiger partial charge in [0.15, 0.2) is 0 Å². The van der Waals surface area contributed by atoms with Crippen LogP contribution in [0.5, 0.6) is 5.75 Å². The van der Waals surface area contributed by atoms with Gasteiger partial charge in [-0.2, -0.15) is 13.2 Å². The second kappa shape index (κ2) is 5.96. The fraction of sp³-hybridized carbons (Fsp3) is 0.200. The summed E-state index contributed by atoms with van der Waals surface area (Å²) in [5.41, 5.74) is 0.686. The number of aliphatic hydroxyl groups excluding tert-OH is 1. The maximum atomic E-state index is 12.4. The third-order valence-corrected chi connectivity index (χ3v) is 2.77. The number of benzene rings is 2. The number of ether oxygens (including phenoxy) is 1. The fourth-order valence-electron chi connectivity index (χ4n) is 1.69. The molecule has 1 N–H and O–H groups in total. The summed E-state index contributed by atoms with van der Waals surface area (Å²) in [6.45, 7) is 0.0878. The average molecular weight is 282 g/mol. The van der Waals surface area contributed by atoms with Gasteiger partial charge in [0.2, 0.25) is 0 Å². The molecule has 2 aromatic rings. The van der Waals surface area contributed by atoms with Gasteiger partial charge in [-0.15, -0.1) is 0 Å². The number of aliphatic hydroxyl groups is 1. The van der Waals surface area contributed by atoms with Crippen molar-refractivity contribution in [3.8, 4) is 5.75 Å². The number of hydrogen-bond acceptors (Lipinski definition) is 2. The van der Waals surface area contributed by atoms with E-state index >= 15 is 0 Å². The zero-order valence-corrected chi connectivity index (χ0v) is 10.5. The molecule has 0 unspecified atom stereocenters. The monoisotopic (exact) mass is 282 g/mol. The highest BCUT2D eigenvalue weighted by molar-refractivity contribution is 5.29. The summed E-state index contributed by atoms with van der Waals surface area (Å²) in [6, 6.07) is 11.7. The van der Waals surface area contributed by atoms with E-state index in [0.717, 1.165) is 17.7 Å². The van der Waals surface area contributed by atoms with Crippen molar-refractivity contribution in [3.05, 3.63) is 65.2 Å². The van der Waals surface area contributed by atoms with Crippen molar-refractivity contribution in [1.29, 1.82) is 0 Å². The first-order valence-corrected chi connectivity index (χ1v) is 5.98. The molecule has 0 spiro atoms. The van der Waals surface area contributed by atoms with Crippen molar-refractivity contribution in [2.45, 2.75) is 19.4 Å². The van der Waals surface area contributed by atoms with Gasteiger partial charge < -0.3 is 9.84 Å². The van der Waals surface area contributed by atoms with E-state index in [9.17, 15) is 13.2 Å². The largest absolute Gasteiger partial charge is 0.489 e. The molecule has 0 radical (unpaired) electrons. The Balaban J connectivity index is 2.00. The third kappa shape index (κ3) is 3.74. The van der Waals surface area contributed by atoms with Gasteiger partial charge in [0, 0.05) is 0 Å². The van der Waals surface area contributed by atoms with Gasteiger partial charge in [-0.25, -0.2) is 0 Å².